The highest BCUT2D eigenvalue weighted by atomic mass is 79.9. The molecule has 1 fully saturated rings. The van der Waals surface area contributed by atoms with Crippen molar-refractivity contribution < 1.29 is 23.9 Å². The van der Waals surface area contributed by atoms with E-state index < -0.39 is 17.8 Å². The van der Waals surface area contributed by atoms with Crippen molar-refractivity contribution in [3.8, 4) is 11.5 Å². The van der Waals surface area contributed by atoms with Crippen LogP contribution < -0.4 is 19.7 Å². The molecule has 0 radical (unpaired) electrons. The fourth-order valence-corrected chi connectivity index (χ4v) is 3.94. The van der Waals surface area contributed by atoms with Crippen molar-refractivity contribution >= 4 is 57.1 Å². The van der Waals surface area contributed by atoms with Gasteiger partial charge in [-0.1, -0.05) is 57.9 Å². The molecular formula is C25H18BrClN2O5. The smallest absolute Gasteiger partial charge is 0.335 e. The quantitative estimate of drug-likeness (QED) is 0.336. The number of benzene rings is 3. The number of nitrogens with zero attached hydrogens (tertiary/aromatic N) is 1. The molecule has 0 unspecified atom stereocenters. The number of methoxy groups -OCH3 is 1. The molecule has 4 amide bonds. The van der Waals surface area contributed by atoms with E-state index in [4.69, 9.17) is 21.1 Å². The van der Waals surface area contributed by atoms with Crippen molar-refractivity contribution in [2.45, 2.75) is 6.61 Å². The van der Waals surface area contributed by atoms with E-state index >= 15 is 0 Å². The van der Waals surface area contributed by atoms with Crippen LogP contribution in [0.4, 0.5) is 10.5 Å². The molecule has 1 saturated heterocycles. The van der Waals surface area contributed by atoms with E-state index in [-0.39, 0.29) is 22.9 Å². The van der Waals surface area contributed by atoms with Gasteiger partial charge in [-0.3, -0.25) is 14.9 Å². The van der Waals surface area contributed by atoms with Crippen LogP contribution in [0.2, 0.25) is 5.02 Å². The Morgan fingerprint density at radius 2 is 1.76 bits per heavy atom. The lowest BCUT2D eigenvalue weighted by atomic mass is 10.1. The van der Waals surface area contributed by atoms with Gasteiger partial charge in [0.05, 0.1) is 17.8 Å². The van der Waals surface area contributed by atoms with E-state index in [2.05, 4.69) is 21.2 Å². The standard InChI is InChI=1S/C25H18BrClN2O5/c1-33-17-11-10-15(22(13-17)34-14-16-6-2-3-7-19(16)26)12-18-23(30)28-25(32)29(24(18)31)21-9-5-4-8-20(21)27/h2-13H,14H2,1H3,(H,28,30,32)/b18-12+. The van der Waals surface area contributed by atoms with Gasteiger partial charge >= 0.3 is 6.03 Å². The Hall–Kier alpha value is -3.62. The largest absolute Gasteiger partial charge is 0.497 e. The van der Waals surface area contributed by atoms with Gasteiger partial charge in [0.1, 0.15) is 23.7 Å². The number of para-hydroxylation sites is 1. The van der Waals surface area contributed by atoms with Crippen molar-refractivity contribution in [3.63, 3.8) is 0 Å². The first kappa shape index (κ1) is 23.5. The van der Waals surface area contributed by atoms with E-state index in [1.54, 1.807) is 36.4 Å². The number of rotatable bonds is 6. The topological polar surface area (TPSA) is 84.9 Å². The highest BCUT2D eigenvalue weighted by molar-refractivity contribution is 9.10. The molecule has 0 atom stereocenters. The summed E-state index contributed by atoms with van der Waals surface area (Å²) in [7, 11) is 1.52. The van der Waals surface area contributed by atoms with Gasteiger partial charge in [-0.05, 0) is 36.4 Å². The van der Waals surface area contributed by atoms with Gasteiger partial charge in [0.15, 0.2) is 0 Å². The fraction of sp³-hybridized carbons (Fsp3) is 0.0800. The zero-order valence-corrected chi connectivity index (χ0v) is 20.2. The number of ether oxygens (including phenoxy) is 2. The van der Waals surface area contributed by atoms with Crippen LogP contribution in [-0.2, 0) is 16.2 Å². The Bertz CT molecular complexity index is 1320. The predicted octanol–water partition coefficient (Wildman–Crippen LogP) is 5.36. The number of imide groups is 2. The SMILES string of the molecule is COc1ccc(/C=C2\C(=O)NC(=O)N(c3ccccc3Cl)C2=O)c(OCc2ccccc2Br)c1. The zero-order valence-electron chi connectivity index (χ0n) is 17.9. The second-order valence-electron chi connectivity index (χ2n) is 7.19. The average molecular weight is 542 g/mol. The van der Waals surface area contributed by atoms with Crippen LogP contribution in [0.25, 0.3) is 6.08 Å². The molecule has 1 N–H and O–H groups in total. The number of nitrogens with one attached hydrogen (secondary N) is 1. The van der Waals surface area contributed by atoms with Crippen molar-refractivity contribution in [3.05, 3.63) is 92.9 Å². The molecule has 34 heavy (non-hydrogen) atoms. The Balaban J connectivity index is 1.71. The van der Waals surface area contributed by atoms with Crippen LogP contribution in [0, 0.1) is 0 Å². The maximum atomic E-state index is 13.2. The second-order valence-corrected chi connectivity index (χ2v) is 8.45. The number of carbonyl (C=O) groups is 3. The molecule has 0 spiro atoms. The minimum absolute atomic E-state index is 0.171. The summed E-state index contributed by atoms with van der Waals surface area (Å²) in [4.78, 5) is 39.1. The van der Waals surface area contributed by atoms with Crippen molar-refractivity contribution in [1.82, 2.24) is 5.32 Å². The van der Waals surface area contributed by atoms with Crippen molar-refractivity contribution in [2.75, 3.05) is 12.0 Å². The van der Waals surface area contributed by atoms with Crippen LogP contribution in [0.3, 0.4) is 0 Å². The number of hydrogen-bond donors (Lipinski definition) is 1. The minimum atomic E-state index is -0.875. The lowest BCUT2D eigenvalue weighted by Gasteiger charge is -2.27. The zero-order chi connectivity index (χ0) is 24.2. The summed E-state index contributed by atoms with van der Waals surface area (Å²) in [6.45, 7) is 0.231. The van der Waals surface area contributed by atoms with Gasteiger partial charge in [-0.15, -0.1) is 0 Å². The Morgan fingerprint density at radius 3 is 2.50 bits per heavy atom. The fourth-order valence-electron chi connectivity index (χ4n) is 3.32. The average Bonchev–Trinajstić information content (AvgIpc) is 2.82. The van der Waals surface area contributed by atoms with Gasteiger partial charge in [-0.2, -0.15) is 0 Å². The summed E-state index contributed by atoms with van der Waals surface area (Å²) >= 11 is 9.68. The molecule has 9 heteroatoms. The van der Waals surface area contributed by atoms with E-state index in [1.165, 1.54) is 19.3 Å². The van der Waals surface area contributed by atoms with E-state index in [1.807, 2.05) is 24.3 Å². The highest BCUT2D eigenvalue weighted by Gasteiger charge is 2.37. The molecule has 7 nitrogen and oxygen atoms in total. The van der Waals surface area contributed by atoms with Crippen molar-refractivity contribution in [2.24, 2.45) is 0 Å². The van der Waals surface area contributed by atoms with Crippen LogP contribution in [0.1, 0.15) is 11.1 Å². The maximum Gasteiger partial charge on any atom is 0.335 e. The van der Waals surface area contributed by atoms with Gasteiger partial charge < -0.3 is 9.47 Å². The molecule has 1 aliphatic heterocycles. The molecule has 4 rings (SSSR count). The molecule has 1 aliphatic rings. The second kappa shape index (κ2) is 10.1. The number of barbiturate groups is 1. The van der Waals surface area contributed by atoms with Gasteiger partial charge in [0.2, 0.25) is 0 Å². The lowest BCUT2D eigenvalue weighted by Crippen LogP contribution is -2.54. The molecule has 0 bridgehead atoms. The van der Waals surface area contributed by atoms with Crippen LogP contribution in [0.5, 0.6) is 11.5 Å². The van der Waals surface area contributed by atoms with E-state index in [0.717, 1.165) is 14.9 Å². The van der Waals surface area contributed by atoms with Crippen LogP contribution in [-0.4, -0.2) is 25.0 Å². The molecule has 172 valence electrons. The Labute approximate surface area is 209 Å². The van der Waals surface area contributed by atoms with Gasteiger partial charge in [0, 0.05) is 21.7 Å². The lowest BCUT2D eigenvalue weighted by molar-refractivity contribution is -0.122. The van der Waals surface area contributed by atoms with Gasteiger partial charge in [0.25, 0.3) is 11.8 Å². The molecule has 3 aromatic carbocycles. The summed E-state index contributed by atoms with van der Waals surface area (Å²) in [5.41, 5.74) is 1.30. The monoisotopic (exact) mass is 540 g/mol. The Kier molecular flexibility index (Phi) is 7.00. The highest BCUT2D eigenvalue weighted by Crippen LogP contribution is 2.32. The minimum Gasteiger partial charge on any atom is -0.497 e. The predicted molar refractivity (Wildman–Crippen MR) is 132 cm³/mol. The molecule has 0 aromatic heterocycles. The third-order valence-electron chi connectivity index (χ3n) is 5.06. The van der Waals surface area contributed by atoms with E-state index in [9.17, 15) is 14.4 Å². The van der Waals surface area contributed by atoms with Gasteiger partial charge in [-0.25, -0.2) is 9.69 Å². The summed E-state index contributed by atoms with van der Waals surface area (Å²) in [5, 5.41) is 2.39. The number of amides is 4. The molecule has 0 aliphatic carbocycles. The third kappa shape index (κ3) is 4.83. The first-order chi connectivity index (χ1) is 16.4. The van der Waals surface area contributed by atoms with Crippen molar-refractivity contribution in [1.29, 1.82) is 0 Å². The third-order valence-corrected chi connectivity index (χ3v) is 6.15. The molecular weight excluding hydrogens is 524 g/mol. The molecule has 3 aromatic rings. The summed E-state index contributed by atoms with van der Waals surface area (Å²) in [6.07, 6.45) is 1.38. The number of halogens is 2. The number of carbonyl (C=O) groups excluding carboxylic acids is 3. The Morgan fingerprint density at radius 1 is 1.03 bits per heavy atom. The first-order valence-electron chi connectivity index (χ1n) is 10.1. The molecule has 1 heterocycles. The maximum absolute atomic E-state index is 13.2. The first-order valence-corrected chi connectivity index (χ1v) is 11.3. The van der Waals surface area contributed by atoms with Crippen LogP contribution in [0.15, 0.2) is 76.8 Å². The number of anilines is 1. The molecule has 0 saturated carbocycles. The van der Waals surface area contributed by atoms with E-state index in [0.29, 0.717) is 17.1 Å². The summed E-state index contributed by atoms with van der Waals surface area (Å²) in [6, 6.07) is 18.1. The van der Waals surface area contributed by atoms with Crippen LogP contribution >= 0.6 is 27.5 Å². The normalized spacial score (nSPS) is 14.9. The summed E-state index contributed by atoms with van der Waals surface area (Å²) in [5.74, 6) is -0.679. The number of urea groups is 1. The summed E-state index contributed by atoms with van der Waals surface area (Å²) < 4.78 is 12.2. The number of hydrogen-bond acceptors (Lipinski definition) is 5.